The molecule has 2 heterocycles. The van der Waals surface area contributed by atoms with E-state index in [2.05, 4.69) is 51.5 Å². The number of fused-ring (bicyclic) bond motifs is 1. The molecule has 0 spiro atoms. The summed E-state index contributed by atoms with van der Waals surface area (Å²) in [4.78, 5) is 4.51. The fourth-order valence-corrected chi connectivity index (χ4v) is 3.99. The second-order valence-electron chi connectivity index (χ2n) is 5.93. The monoisotopic (exact) mass is 399 g/mol. The Morgan fingerprint density at radius 3 is 2.42 bits per heavy atom. The number of nitrogens with zero attached hydrogens (tertiary/aromatic N) is 1. The maximum atomic E-state index is 6.11. The summed E-state index contributed by atoms with van der Waals surface area (Å²) in [6.07, 6.45) is 1.80. The van der Waals surface area contributed by atoms with Crippen molar-refractivity contribution in [2.24, 2.45) is 0 Å². The highest BCUT2D eigenvalue weighted by Gasteiger charge is 2.10. The number of benzene rings is 2. The average molecular weight is 400 g/mol. The molecular weight excluding hydrogens is 385 g/mol. The maximum Gasteiger partial charge on any atom is 0.138 e. The standard InChI is InChI=1S/C20H15Cl2N3S/c1-12-2-3-18-17(19(12)24-15-5-7-26-11-15)4-6-23-20(18)25-16-9-13(21)8-14(22)10-16/h2-11,24H,1H3,(H,23,25). The van der Waals surface area contributed by atoms with E-state index in [9.17, 15) is 0 Å². The van der Waals surface area contributed by atoms with Gasteiger partial charge in [-0.2, -0.15) is 11.3 Å². The minimum absolute atomic E-state index is 0.580. The molecule has 0 unspecified atom stereocenters. The zero-order chi connectivity index (χ0) is 18.1. The third kappa shape index (κ3) is 3.49. The second-order valence-corrected chi connectivity index (χ2v) is 7.59. The summed E-state index contributed by atoms with van der Waals surface area (Å²) >= 11 is 13.9. The summed E-state index contributed by atoms with van der Waals surface area (Å²) in [7, 11) is 0. The lowest BCUT2D eigenvalue weighted by Crippen LogP contribution is -1.98. The van der Waals surface area contributed by atoms with Crippen molar-refractivity contribution in [2.45, 2.75) is 6.92 Å². The van der Waals surface area contributed by atoms with E-state index < -0.39 is 0 Å². The number of anilines is 4. The van der Waals surface area contributed by atoms with Crippen LogP contribution in [-0.4, -0.2) is 4.98 Å². The van der Waals surface area contributed by atoms with Gasteiger partial charge >= 0.3 is 0 Å². The maximum absolute atomic E-state index is 6.11. The van der Waals surface area contributed by atoms with Crippen LogP contribution in [-0.2, 0) is 0 Å². The highest BCUT2D eigenvalue weighted by Crippen LogP contribution is 2.34. The van der Waals surface area contributed by atoms with E-state index in [1.807, 2.05) is 18.2 Å². The Morgan fingerprint density at radius 2 is 1.69 bits per heavy atom. The summed E-state index contributed by atoms with van der Waals surface area (Å²) in [6.45, 7) is 2.10. The van der Waals surface area contributed by atoms with Crippen LogP contribution >= 0.6 is 34.5 Å². The predicted octanol–water partition coefficient (Wildman–Crippen LogP) is 7.40. The highest BCUT2D eigenvalue weighted by atomic mass is 35.5. The van der Waals surface area contributed by atoms with Crippen molar-refractivity contribution in [1.29, 1.82) is 0 Å². The van der Waals surface area contributed by atoms with Gasteiger partial charge in [-0.1, -0.05) is 35.3 Å². The Kier molecular flexibility index (Phi) is 4.72. The minimum Gasteiger partial charge on any atom is -0.354 e. The third-order valence-corrected chi connectivity index (χ3v) is 5.19. The van der Waals surface area contributed by atoms with Gasteiger partial charge in [-0.25, -0.2) is 4.98 Å². The van der Waals surface area contributed by atoms with Crippen molar-refractivity contribution in [2.75, 3.05) is 10.6 Å². The van der Waals surface area contributed by atoms with Gasteiger partial charge in [0.25, 0.3) is 0 Å². The lowest BCUT2D eigenvalue weighted by molar-refractivity contribution is 1.33. The lowest BCUT2D eigenvalue weighted by atomic mass is 10.1. The van der Waals surface area contributed by atoms with Crippen LogP contribution in [0.15, 0.2) is 59.4 Å². The van der Waals surface area contributed by atoms with E-state index in [4.69, 9.17) is 23.2 Å². The molecule has 0 aliphatic heterocycles. The van der Waals surface area contributed by atoms with Crippen molar-refractivity contribution in [3.05, 3.63) is 75.0 Å². The summed E-state index contributed by atoms with van der Waals surface area (Å²) < 4.78 is 0. The molecule has 2 aromatic carbocycles. The molecule has 4 aromatic rings. The molecular formula is C20H15Cl2N3S. The molecule has 0 radical (unpaired) electrons. The molecule has 0 aliphatic carbocycles. The molecule has 0 atom stereocenters. The number of aryl methyl sites for hydroxylation is 1. The summed E-state index contributed by atoms with van der Waals surface area (Å²) in [5, 5.41) is 14.3. The summed E-state index contributed by atoms with van der Waals surface area (Å²) in [5.41, 5.74) is 4.14. The Balaban J connectivity index is 1.79. The quantitative estimate of drug-likeness (QED) is 0.375. The van der Waals surface area contributed by atoms with Crippen LogP contribution in [0.25, 0.3) is 10.8 Å². The van der Waals surface area contributed by atoms with E-state index in [0.29, 0.717) is 10.0 Å². The van der Waals surface area contributed by atoms with Crippen molar-refractivity contribution >= 4 is 68.2 Å². The molecule has 0 bridgehead atoms. The number of aromatic nitrogens is 1. The molecule has 0 saturated heterocycles. The van der Waals surface area contributed by atoms with Gasteiger partial charge in [-0.05, 0) is 48.2 Å². The molecule has 0 aliphatic rings. The summed E-state index contributed by atoms with van der Waals surface area (Å²) in [6, 6.07) is 13.6. The van der Waals surface area contributed by atoms with Crippen LogP contribution in [0, 0.1) is 6.92 Å². The first kappa shape index (κ1) is 17.2. The van der Waals surface area contributed by atoms with Gasteiger partial charge < -0.3 is 10.6 Å². The van der Waals surface area contributed by atoms with Gasteiger partial charge in [0.1, 0.15) is 5.82 Å². The van der Waals surface area contributed by atoms with Crippen molar-refractivity contribution in [1.82, 2.24) is 4.98 Å². The number of thiophene rings is 1. The van der Waals surface area contributed by atoms with Crippen molar-refractivity contribution < 1.29 is 0 Å². The zero-order valence-corrected chi connectivity index (χ0v) is 16.2. The number of pyridine rings is 1. The fraction of sp³-hybridized carbons (Fsp3) is 0.0500. The number of hydrogen-bond donors (Lipinski definition) is 2. The zero-order valence-electron chi connectivity index (χ0n) is 13.9. The number of rotatable bonds is 4. The average Bonchev–Trinajstić information content (AvgIpc) is 3.10. The van der Waals surface area contributed by atoms with E-state index in [1.165, 1.54) is 5.56 Å². The highest BCUT2D eigenvalue weighted by molar-refractivity contribution is 7.08. The SMILES string of the molecule is Cc1ccc2c(Nc3cc(Cl)cc(Cl)c3)nccc2c1Nc1ccsc1. The van der Waals surface area contributed by atoms with Crippen LogP contribution < -0.4 is 10.6 Å². The largest absolute Gasteiger partial charge is 0.354 e. The summed E-state index contributed by atoms with van der Waals surface area (Å²) in [5.74, 6) is 0.759. The number of hydrogen-bond acceptors (Lipinski definition) is 4. The van der Waals surface area contributed by atoms with E-state index in [0.717, 1.165) is 33.7 Å². The lowest BCUT2D eigenvalue weighted by Gasteiger charge is -2.15. The molecule has 2 N–H and O–H groups in total. The molecule has 130 valence electrons. The van der Waals surface area contributed by atoms with Crippen LogP contribution in [0.2, 0.25) is 10.0 Å². The topological polar surface area (TPSA) is 37.0 Å². The first-order chi connectivity index (χ1) is 12.6. The van der Waals surface area contributed by atoms with E-state index >= 15 is 0 Å². The number of nitrogens with one attached hydrogen (secondary N) is 2. The third-order valence-electron chi connectivity index (χ3n) is 4.07. The molecule has 6 heteroatoms. The first-order valence-corrected chi connectivity index (χ1v) is 9.71. The van der Waals surface area contributed by atoms with Crippen LogP contribution in [0.3, 0.4) is 0 Å². The molecule has 3 nitrogen and oxygen atoms in total. The van der Waals surface area contributed by atoms with Crippen LogP contribution in [0.5, 0.6) is 0 Å². The normalized spacial score (nSPS) is 10.9. The van der Waals surface area contributed by atoms with Gasteiger partial charge in [0, 0.05) is 49.5 Å². The molecule has 26 heavy (non-hydrogen) atoms. The van der Waals surface area contributed by atoms with Gasteiger partial charge in [0.05, 0.1) is 0 Å². The molecule has 0 amide bonds. The first-order valence-electron chi connectivity index (χ1n) is 8.01. The van der Waals surface area contributed by atoms with Gasteiger partial charge in [0.2, 0.25) is 0 Å². The van der Waals surface area contributed by atoms with E-state index in [1.54, 1.807) is 23.6 Å². The molecule has 2 aromatic heterocycles. The molecule has 0 fully saturated rings. The Labute approximate surface area is 165 Å². The van der Waals surface area contributed by atoms with Gasteiger partial charge in [-0.3, -0.25) is 0 Å². The second kappa shape index (κ2) is 7.16. The van der Waals surface area contributed by atoms with Gasteiger partial charge in [-0.15, -0.1) is 0 Å². The minimum atomic E-state index is 0.580. The Hall–Kier alpha value is -2.27. The van der Waals surface area contributed by atoms with Crippen LogP contribution in [0.4, 0.5) is 22.9 Å². The Morgan fingerprint density at radius 1 is 0.885 bits per heavy atom. The molecule has 0 saturated carbocycles. The van der Waals surface area contributed by atoms with Crippen molar-refractivity contribution in [3.63, 3.8) is 0 Å². The number of halogens is 2. The smallest absolute Gasteiger partial charge is 0.138 e. The molecule has 4 rings (SSSR count). The van der Waals surface area contributed by atoms with E-state index in [-0.39, 0.29) is 0 Å². The fourth-order valence-electron chi connectivity index (χ4n) is 2.87. The van der Waals surface area contributed by atoms with Crippen LogP contribution in [0.1, 0.15) is 5.56 Å². The van der Waals surface area contributed by atoms with Gasteiger partial charge in [0.15, 0.2) is 0 Å². The predicted molar refractivity (Wildman–Crippen MR) is 114 cm³/mol. The Bertz CT molecular complexity index is 1060. The van der Waals surface area contributed by atoms with Crippen molar-refractivity contribution in [3.8, 4) is 0 Å².